The molecule has 1 aromatic rings. The first-order valence-corrected chi connectivity index (χ1v) is 9.06. The highest BCUT2D eigenvalue weighted by molar-refractivity contribution is 7.89. The van der Waals surface area contributed by atoms with Gasteiger partial charge >= 0.3 is 0 Å². The molecule has 1 aromatic heterocycles. The van der Waals surface area contributed by atoms with Crippen LogP contribution in [0.2, 0.25) is 0 Å². The molecule has 21 heavy (non-hydrogen) atoms. The van der Waals surface area contributed by atoms with E-state index in [2.05, 4.69) is 4.98 Å². The second kappa shape index (κ2) is 5.66. The maximum absolute atomic E-state index is 12.7. The quantitative estimate of drug-likeness (QED) is 0.896. The van der Waals surface area contributed by atoms with E-state index in [9.17, 15) is 8.42 Å². The molecule has 2 aliphatic rings. The molecule has 1 heterocycles. The van der Waals surface area contributed by atoms with Gasteiger partial charge in [-0.2, -0.15) is 0 Å². The summed E-state index contributed by atoms with van der Waals surface area (Å²) in [5.74, 6) is 2.06. The minimum absolute atomic E-state index is 0.136. The van der Waals surface area contributed by atoms with Gasteiger partial charge in [-0.15, -0.1) is 0 Å². The second-order valence-corrected chi connectivity index (χ2v) is 8.39. The first-order valence-electron chi connectivity index (χ1n) is 7.62. The van der Waals surface area contributed by atoms with Crippen LogP contribution in [0.15, 0.2) is 23.2 Å². The molecule has 3 rings (SSSR count). The summed E-state index contributed by atoms with van der Waals surface area (Å²) >= 11 is 0. The number of rotatable bonds is 5. The van der Waals surface area contributed by atoms with Crippen LogP contribution in [0.5, 0.6) is 0 Å². The van der Waals surface area contributed by atoms with Crippen LogP contribution in [0.3, 0.4) is 0 Å². The molecule has 2 aliphatic carbocycles. The summed E-state index contributed by atoms with van der Waals surface area (Å²) in [6.07, 6.45) is 6.65. The van der Waals surface area contributed by atoms with Crippen molar-refractivity contribution in [1.29, 1.82) is 0 Å². The van der Waals surface area contributed by atoms with Crippen LogP contribution in [0.1, 0.15) is 31.4 Å². The largest absolute Gasteiger partial charge is 0.325 e. The minimum atomic E-state index is -3.50. The van der Waals surface area contributed by atoms with Gasteiger partial charge in [0.2, 0.25) is 10.0 Å². The number of sulfonamides is 1. The smallest absolute Gasteiger partial charge is 0.244 e. The Hall–Kier alpha value is -0.980. The number of nitrogens with two attached hydrogens (primary N) is 1. The molecule has 116 valence electrons. The molecule has 0 saturated heterocycles. The van der Waals surface area contributed by atoms with E-state index in [0.717, 1.165) is 11.8 Å². The molecule has 0 radical (unpaired) electrons. The van der Waals surface area contributed by atoms with Gasteiger partial charge in [-0.1, -0.05) is 6.42 Å². The lowest BCUT2D eigenvalue weighted by molar-refractivity contribution is 0.280. The van der Waals surface area contributed by atoms with Crippen LogP contribution in [-0.2, 0) is 16.6 Å². The summed E-state index contributed by atoms with van der Waals surface area (Å²) in [7, 11) is -1.82. The molecule has 3 unspecified atom stereocenters. The summed E-state index contributed by atoms with van der Waals surface area (Å²) in [5, 5.41) is 0. The molecule has 3 atom stereocenters. The summed E-state index contributed by atoms with van der Waals surface area (Å²) in [6, 6.07) is 3.25. The highest BCUT2D eigenvalue weighted by atomic mass is 32.2. The van der Waals surface area contributed by atoms with Gasteiger partial charge in [-0.05, 0) is 49.1 Å². The highest BCUT2D eigenvalue weighted by Gasteiger charge is 2.41. The van der Waals surface area contributed by atoms with E-state index in [1.165, 1.54) is 30.0 Å². The van der Waals surface area contributed by atoms with Crippen molar-refractivity contribution in [1.82, 2.24) is 9.29 Å². The Labute approximate surface area is 126 Å². The van der Waals surface area contributed by atoms with Gasteiger partial charge in [0.25, 0.3) is 0 Å². The summed E-state index contributed by atoms with van der Waals surface area (Å²) < 4.78 is 27.0. The summed E-state index contributed by atoms with van der Waals surface area (Å²) in [6.45, 7) is 0.750. The third kappa shape index (κ3) is 2.72. The van der Waals surface area contributed by atoms with Crippen molar-refractivity contribution in [2.75, 3.05) is 13.6 Å². The lowest BCUT2D eigenvalue weighted by atomic mass is 9.89. The van der Waals surface area contributed by atoms with Crippen molar-refractivity contribution >= 4 is 10.0 Å². The summed E-state index contributed by atoms with van der Waals surface area (Å²) in [5.41, 5.74) is 6.06. The number of hydrogen-bond acceptors (Lipinski definition) is 4. The van der Waals surface area contributed by atoms with E-state index in [4.69, 9.17) is 5.73 Å². The van der Waals surface area contributed by atoms with Crippen molar-refractivity contribution in [3.63, 3.8) is 0 Å². The van der Waals surface area contributed by atoms with Crippen LogP contribution in [0.25, 0.3) is 0 Å². The number of aromatic nitrogens is 1. The number of pyridine rings is 1. The molecular formula is C15H23N3O2S. The third-order valence-electron chi connectivity index (χ3n) is 5.11. The fourth-order valence-electron chi connectivity index (χ4n) is 4.01. The molecule has 0 aromatic carbocycles. The van der Waals surface area contributed by atoms with Gasteiger partial charge in [-0.25, -0.2) is 12.7 Å². The number of fused-ring (bicyclic) bond motifs is 2. The van der Waals surface area contributed by atoms with E-state index >= 15 is 0 Å². The summed E-state index contributed by atoms with van der Waals surface area (Å²) in [4.78, 5) is 4.33. The van der Waals surface area contributed by atoms with Gasteiger partial charge in [0.05, 0.1) is 5.69 Å². The van der Waals surface area contributed by atoms with Crippen LogP contribution >= 0.6 is 0 Å². The monoisotopic (exact) mass is 309 g/mol. The predicted molar refractivity (Wildman–Crippen MR) is 80.9 cm³/mol. The van der Waals surface area contributed by atoms with Crippen LogP contribution in [0.4, 0.5) is 0 Å². The molecule has 5 nitrogen and oxygen atoms in total. The van der Waals surface area contributed by atoms with Crippen molar-refractivity contribution in [3.05, 3.63) is 24.0 Å². The minimum Gasteiger partial charge on any atom is -0.325 e. The topological polar surface area (TPSA) is 76.3 Å². The zero-order valence-electron chi connectivity index (χ0n) is 12.4. The van der Waals surface area contributed by atoms with Crippen LogP contribution < -0.4 is 5.73 Å². The Morgan fingerprint density at radius 1 is 1.38 bits per heavy atom. The second-order valence-electron chi connectivity index (χ2n) is 6.37. The molecule has 6 heteroatoms. The fourth-order valence-corrected chi connectivity index (χ4v) is 5.42. The average Bonchev–Trinajstić information content (AvgIpc) is 3.09. The Balaban J connectivity index is 1.78. The van der Waals surface area contributed by atoms with Crippen LogP contribution in [0, 0.1) is 17.8 Å². The van der Waals surface area contributed by atoms with E-state index in [-0.39, 0.29) is 11.4 Å². The van der Waals surface area contributed by atoms with Gasteiger partial charge in [0.15, 0.2) is 0 Å². The molecule has 0 spiro atoms. The third-order valence-corrected chi connectivity index (χ3v) is 7.00. The van der Waals surface area contributed by atoms with E-state index in [1.807, 2.05) is 0 Å². The van der Waals surface area contributed by atoms with Crippen molar-refractivity contribution in [2.45, 2.75) is 37.1 Å². The van der Waals surface area contributed by atoms with Crippen molar-refractivity contribution < 1.29 is 8.42 Å². The Kier molecular flexibility index (Phi) is 4.03. The molecule has 2 bridgehead atoms. The zero-order valence-corrected chi connectivity index (χ0v) is 13.2. The Morgan fingerprint density at radius 2 is 2.19 bits per heavy atom. The van der Waals surface area contributed by atoms with Crippen LogP contribution in [-0.4, -0.2) is 31.3 Å². The predicted octanol–water partition coefficient (Wildman–Crippen LogP) is 1.60. The van der Waals surface area contributed by atoms with Gasteiger partial charge < -0.3 is 5.73 Å². The van der Waals surface area contributed by atoms with E-state index in [1.54, 1.807) is 25.4 Å². The lowest BCUT2D eigenvalue weighted by Gasteiger charge is -2.27. The van der Waals surface area contributed by atoms with Crippen molar-refractivity contribution in [3.8, 4) is 0 Å². The maximum atomic E-state index is 12.7. The van der Waals surface area contributed by atoms with Gasteiger partial charge in [0, 0.05) is 26.3 Å². The lowest BCUT2D eigenvalue weighted by Crippen LogP contribution is -2.34. The first kappa shape index (κ1) is 14.9. The van der Waals surface area contributed by atoms with Crippen molar-refractivity contribution in [2.24, 2.45) is 23.5 Å². The normalized spacial score (nSPS) is 28.4. The number of nitrogens with zero attached hydrogens (tertiary/aromatic N) is 2. The Morgan fingerprint density at radius 3 is 2.81 bits per heavy atom. The molecule has 2 fully saturated rings. The van der Waals surface area contributed by atoms with E-state index in [0.29, 0.717) is 18.2 Å². The number of hydrogen-bond donors (Lipinski definition) is 1. The average molecular weight is 309 g/mol. The fraction of sp³-hybridized carbons (Fsp3) is 0.667. The molecule has 2 N–H and O–H groups in total. The Bertz CT molecular complexity index is 617. The molecule has 2 saturated carbocycles. The highest BCUT2D eigenvalue weighted by Crippen LogP contribution is 2.48. The maximum Gasteiger partial charge on any atom is 0.244 e. The molecular weight excluding hydrogens is 286 g/mol. The molecule has 0 amide bonds. The first-order chi connectivity index (χ1) is 10.0. The zero-order chi connectivity index (χ0) is 15.0. The SMILES string of the molecule is CN(CC1CC2CCC1C2)S(=O)(=O)c1cccnc1CN. The standard InChI is InChI=1S/C15H23N3O2S/c1-18(10-13-8-11-4-5-12(13)7-11)21(19,20)15-3-2-6-17-14(15)9-16/h2-3,6,11-13H,4-5,7-10,16H2,1H3. The van der Waals surface area contributed by atoms with Gasteiger partial charge in [-0.3, -0.25) is 4.98 Å². The van der Waals surface area contributed by atoms with Gasteiger partial charge in [0.1, 0.15) is 4.90 Å². The molecule has 0 aliphatic heterocycles. The van der Waals surface area contributed by atoms with E-state index < -0.39 is 10.0 Å².